The molecule has 0 saturated heterocycles. The van der Waals surface area contributed by atoms with E-state index in [4.69, 9.17) is 9.47 Å². The van der Waals surface area contributed by atoms with Gasteiger partial charge in [0.05, 0.1) is 19.3 Å². The van der Waals surface area contributed by atoms with E-state index in [-0.39, 0.29) is 17.2 Å². The molecule has 0 fully saturated rings. The summed E-state index contributed by atoms with van der Waals surface area (Å²) in [6.07, 6.45) is 0. The molecule has 112 valence electrons. The summed E-state index contributed by atoms with van der Waals surface area (Å²) < 4.78 is 10.0. The van der Waals surface area contributed by atoms with Crippen LogP contribution in [-0.4, -0.2) is 63.4 Å². The maximum absolute atomic E-state index is 12.0. The fourth-order valence-corrected chi connectivity index (χ4v) is 1.64. The zero-order chi connectivity index (χ0) is 15.0. The fourth-order valence-electron chi connectivity index (χ4n) is 1.64. The fraction of sp³-hybridized carbons (Fsp3) is 0.500. The highest BCUT2D eigenvalue weighted by molar-refractivity contribution is 5.97. The van der Waals surface area contributed by atoms with Crippen LogP contribution in [0.3, 0.4) is 0 Å². The Morgan fingerprint density at radius 2 is 2.10 bits per heavy atom. The molecule has 0 bridgehead atoms. The number of carbonyl (C=O) groups is 1. The van der Waals surface area contributed by atoms with Gasteiger partial charge in [-0.3, -0.25) is 4.79 Å². The second-order valence-corrected chi connectivity index (χ2v) is 4.44. The van der Waals surface area contributed by atoms with E-state index in [0.717, 1.165) is 6.54 Å². The molecule has 1 aromatic carbocycles. The first kappa shape index (κ1) is 16.3. The Kier molecular flexibility index (Phi) is 6.83. The average molecular weight is 282 g/mol. The van der Waals surface area contributed by atoms with Crippen molar-refractivity contribution in [1.29, 1.82) is 0 Å². The first-order valence-electron chi connectivity index (χ1n) is 6.41. The van der Waals surface area contributed by atoms with Gasteiger partial charge >= 0.3 is 0 Å². The normalized spacial score (nSPS) is 10.6. The van der Waals surface area contributed by atoms with E-state index >= 15 is 0 Å². The van der Waals surface area contributed by atoms with Crippen molar-refractivity contribution in [3.05, 3.63) is 23.8 Å². The second-order valence-electron chi connectivity index (χ2n) is 4.44. The number of phenolic OH excluding ortho intramolecular Hbond substituents is 1. The third kappa shape index (κ3) is 5.07. The molecule has 0 atom stereocenters. The summed E-state index contributed by atoms with van der Waals surface area (Å²) in [6, 6.07) is 4.56. The van der Waals surface area contributed by atoms with Crippen LogP contribution in [0.15, 0.2) is 18.2 Å². The highest BCUT2D eigenvalue weighted by Gasteiger charge is 2.12. The molecule has 0 saturated carbocycles. The number of carbonyl (C=O) groups excluding carboxylic acids is 1. The predicted octanol–water partition coefficient (Wildman–Crippen LogP) is 0.709. The lowest BCUT2D eigenvalue weighted by Gasteiger charge is -2.16. The summed E-state index contributed by atoms with van der Waals surface area (Å²) in [6.45, 7) is 2.66. The molecule has 0 heterocycles. The maximum Gasteiger partial charge on any atom is 0.255 e. The zero-order valence-electron chi connectivity index (χ0n) is 12.2. The van der Waals surface area contributed by atoms with Crippen LogP contribution in [0.1, 0.15) is 10.4 Å². The Morgan fingerprint density at radius 1 is 1.35 bits per heavy atom. The Balaban J connectivity index is 2.46. The van der Waals surface area contributed by atoms with E-state index < -0.39 is 0 Å². The van der Waals surface area contributed by atoms with Crippen LogP contribution in [0.5, 0.6) is 11.5 Å². The SMILES string of the molecule is COCCN(C)CCNC(=O)c1cc(OC)ccc1O. The summed E-state index contributed by atoms with van der Waals surface area (Å²) >= 11 is 0. The smallest absolute Gasteiger partial charge is 0.255 e. The van der Waals surface area contributed by atoms with Crippen molar-refractivity contribution in [3.8, 4) is 11.5 Å². The number of phenols is 1. The van der Waals surface area contributed by atoms with Gasteiger partial charge < -0.3 is 24.8 Å². The molecule has 1 amide bonds. The molecular formula is C14H22N2O4. The molecule has 20 heavy (non-hydrogen) atoms. The number of hydrogen-bond donors (Lipinski definition) is 2. The summed E-state index contributed by atoms with van der Waals surface area (Å²) in [4.78, 5) is 14.0. The molecular weight excluding hydrogens is 260 g/mol. The van der Waals surface area contributed by atoms with Gasteiger partial charge in [-0.1, -0.05) is 0 Å². The summed E-state index contributed by atoms with van der Waals surface area (Å²) in [5, 5.41) is 12.4. The molecule has 0 aliphatic rings. The third-order valence-corrected chi connectivity index (χ3v) is 2.90. The molecule has 0 aliphatic carbocycles. The quantitative estimate of drug-likeness (QED) is 0.735. The van der Waals surface area contributed by atoms with Crippen molar-refractivity contribution >= 4 is 5.91 Å². The number of amides is 1. The van der Waals surface area contributed by atoms with Crippen LogP contribution in [0, 0.1) is 0 Å². The maximum atomic E-state index is 12.0. The number of hydrogen-bond acceptors (Lipinski definition) is 5. The van der Waals surface area contributed by atoms with Crippen molar-refractivity contribution in [3.63, 3.8) is 0 Å². The lowest BCUT2D eigenvalue weighted by atomic mass is 10.1. The van der Waals surface area contributed by atoms with Crippen LogP contribution in [0.2, 0.25) is 0 Å². The molecule has 0 aliphatic heterocycles. The number of ether oxygens (including phenoxy) is 2. The number of rotatable bonds is 8. The Hall–Kier alpha value is -1.79. The number of nitrogens with one attached hydrogen (secondary N) is 1. The van der Waals surface area contributed by atoms with Crippen LogP contribution in [-0.2, 0) is 4.74 Å². The van der Waals surface area contributed by atoms with Crippen molar-refractivity contribution in [2.24, 2.45) is 0 Å². The molecule has 1 rings (SSSR count). The van der Waals surface area contributed by atoms with Gasteiger partial charge in [-0.05, 0) is 25.2 Å². The zero-order valence-corrected chi connectivity index (χ0v) is 12.2. The number of aromatic hydroxyl groups is 1. The van der Waals surface area contributed by atoms with E-state index in [1.807, 2.05) is 7.05 Å². The molecule has 0 unspecified atom stereocenters. The van der Waals surface area contributed by atoms with Crippen molar-refractivity contribution < 1.29 is 19.4 Å². The Labute approximate surface area is 119 Å². The summed E-state index contributed by atoms with van der Waals surface area (Å²) in [5.41, 5.74) is 0.212. The van der Waals surface area contributed by atoms with Crippen LogP contribution in [0.4, 0.5) is 0 Å². The molecule has 6 nitrogen and oxygen atoms in total. The van der Waals surface area contributed by atoms with Gasteiger partial charge in [0.2, 0.25) is 0 Å². The summed E-state index contributed by atoms with van der Waals surface area (Å²) in [5.74, 6) is 0.155. The molecule has 6 heteroatoms. The largest absolute Gasteiger partial charge is 0.507 e. The van der Waals surface area contributed by atoms with E-state index in [9.17, 15) is 9.90 Å². The van der Waals surface area contributed by atoms with Gasteiger partial charge in [-0.15, -0.1) is 0 Å². The van der Waals surface area contributed by atoms with Gasteiger partial charge in [0.15, 0.2) is 0 Å². The summed E-state index contributed by atoms with van der Waals surface area (Å²) in [7, 11) is 5.12. The first-order valence-corrected chi connectivity index (χ1v) is 6.41. The number of benzene rings is 1. The number of likely N-dealkylation sites (N-methyl/N-ethyl adjacent to an activating group) is 1. The number of nitrogens with zero attached hydrogens (tertiary/aromatic N) is 1. The topological polar surface area (TPSA) is 71.0 Å². The van der Waals surface area contributed by atoms with Gasteiger partial charge in [-0.2, -0.15) is 0 Å². The average Bonchev–Trinajstić information content (AvgIpc) is 2.45. The van der Waals surface area contributed by atoms with Gasteiger partial charge in [0, 0.05) is 26.7 Å². The van der Waals surface area contributed by atoms with E-state index in [1.165, 1.54) is 19.2 Å². The van der Waals surface area contributed by atoms with Crippen molar-refractivity contribution in [2.75, 3.05) is 47.5 Å². The third-order valence-electron chi connectivity index (χ3n) is 2.90. The van der Waals surface area contributed by atoms with Crippen LogP contribution in [0.25, 0.3) is 0 Å². The van der Waals surface area contributed by atoms with E-state index in [0.29, 0.717) is 25.4 Å². The molecule has 2 N–H and O–H groups in total. The van der Waals surface area contributed by atoms with Gasteiger partial charge in [0.1, 0.15) is 11.5 Å². The lowest BCUT2D eigenvalue weighted by Crippen LogP contribution is -2.34. The van der Waals surface area contributed by atoms with Gasteiger partial charge in [0.25, 0.3) is 5.91 Å². The minimum atomic E-state index is -0.318. The molecule has 0 aromatic heterocycles. The van der Waals surface area contributed by atoms with Crippen molar-refractivity contribution in [2.45, 2.75) is 0 Å². The molecule has 0 radical (unpaired) electrons. The second kappa shape index (κ2) is 8.39. The van der Waals surface area contributed by atoms with Crippen LogP contribution < -0.4 is 10.1 Å². The molecule has 0 spiro atoms. The lowest BCUT2D eigenvalue weighted by molar-refractivity contribution is 0.0944. The van der Waals surface area contributed by atoms with Crippen molar-refractivity contribution in [1.82, 2.24) is 10.2 Å². The van der Waals surface area contributed by atoms with E-state index in [1.54, 1.807) is 13.2 Å². The Morgan fingerprint density at radius 3 is 2.75 bits per heavy atom. The standard InChI is InChI=1S/C14H22N2O4/c1-16(8-9-19-2)7-6-15-14(18)12-10-11(20-3)4-5-13(12)17/h4-5,10,17H,6-9H2,1-3H3,(H,15,18). The minimum absolute atomic E-state index is 0.0592. The van der Waals surface area contributed by atoms with Gasteiger partial charge in [-0.25, -0.2) is 0 Å². The predicted molar refractivity (Wildman–Crippen MR) is 76.4 cm³/mol. The van der Waals surface area contributed by atoms with Crippen LogP contribution >= 0.6 is 0 Å². The number of methoxy groups -OCH3 is 2. The van der Waals surface area contributed by atoms with E-state index in [2.05, 4.69) is 10.2 Å². The first-order chi connectivity index (χ1) is 9.58. The highest BCUT2D eigenvalue weighted by Crippen LogP contribution is 2.22. The minimum Gasteiger partial charge on any atom is -0.507 e. The monoisotopic (exact) mass is 282 g/mol. The Bertz CT molecular complexity index is 437. The highest BCUT2D eigenvalue weighted by atomic mass is 16.5. The molecule has 1 aromatic rings.